The molecule has 0 saturated heterocycles. The van der Waals surface area contributed by atoms with Crippen molar-refractivity contribution in [3.8, 4) is 0 Å². The van der Waals surface area contributed by atoms with Gasteiger partial charge in [-0.25, -0.2) is 4.39 Å². The van der Waals surface area contributed by atoms with Crippen molar-refractivity contribution in [3.63, 3.8) is 0 Å². The Bertz CT molecular complexity index is 339. The molecule has 0 heterocycles. The molecule has 0 bridgehead atoms. The topological polar surface area (TPSA) is 12.0 Å². The van der Waals surface area contributed by atoms with E-state index in [9.17, 15) is 4.39 Å². The average molecular weight is 288 g/mol. The molecule has 0 spiro atoms. The van der Waals surface area contributed by atoms with Crippen LogP contribution < -0.4 is 5.32 Å². The van der Waals surface area contributed by atoms with E-state index in [1.54, 1.807) is 12.1 Å². The molecule has 1 aromatic carbocycles. The predicted molar refractivity (Wildman–Crippen MR) is 69.8 cm³/mol. The Hall–Kier alpha value is -0.410. The molecule has 1 unspecified atom stereocenters. The van der Waals surface area contributed by atoms with Crippen molar-refractivity contribution < 1.29 is 4.39 Å². The molecular weight excluding hydrogens is 269 g/mol. The molecule has 0 saturated carbocycles. The first-order chi connectivity index (χ1) is 7.50. The van der Waals surface area contributed by atoms with E-state index < -0.39 is 0 Å². The Labute approximate surface area is 106 Å². The van der Waals surface area contributed by atoms with Gasteiger partial charge in [0.25, 0.3) is 0 Å². The van der Waals surface area contributed by atoms with E-state index in [2.05, 4.69) is 42.0 Å². The number of nitrogens with one attached hydrogen (secondary N) is 1. The van der Waals surface area contributed by atoms with Crippen molar-refractivity contribution >= 4 is 15.9 Å². The van der Waals surface area contributed by atoms with Crippen LogP contribution in [0.15, 0.2) is 22.7 Å². The normalized spacial score (nSPS) is 13.1. The summed E-state index contributed by atoms with van der Waals surface area (Å²) in [5.74, 6) is 1.12. The van der Waals surface area contributed by atoms with E-state index in [1.807, 2.05) is 6.07 Å². The second kappa shape index (κ2) is 6.36. The third-order valence-electron chi connectivity index (χ3n) is 2.92. The van der Waals surface area contributed by atoms with Crippen LogP contribution in [0.1, 0.15) is 26.3 Å². The number of halogens is 2. The molecule has 0 aromatic heterocycles. The fourth-order valence-corrected chi connectivity index (χ4v) is 1.58. The van der Waals surface area contributed by atoms with Gasteiger partial charge in [-0.05, 0) is 52.0 Å². The maximum Gasteiger partial charge on any atom is 0.137 e. The van der Waals surface area contributed by atoms with E-state index >= 15 is 0 Å². The molecule has 1 aromatic rings. The van der Waals surface area contributed by atoms with Crippen LogP contribution in [-0.2, 0) is 6.54 Å². The molecular formula is C13H19BrFN. The fraction of sp³-hybridized carbons (Fsp3) is 0.538. The molecule has 0 aliphatic heterocycles. The quantitative estimate of drug-likeness (QED) is 0.864. The van der Waals surface area contributed by atoms with Crippen LogP contribution in [0, 0.1) is 17.7 Å². The summed E-state index contributed by atoms with van der Waals surface area (Å²) in [7, 11) is 0. The van der Waals surface area contributed by atoms with Crippen LogP contribution in [0.2, 0.25) is 0 Å². The molecule has 1 atom stereocenters. The second-order valence-electron chi connectivity index (χ2n) is 4.60. The lowest BCUT2D eigenvalue weighted by atomic mass is 9.98. The Kier molecular flexibility index (Phi) is 5.42. The van der Waals surface area contributed by atoms with Crippen molar-refractivity contribution in [2.45, 2.75) is 27.3 Å². The van der Waals surface area contributed by atoms with Crippen LogP contribution in [-0.4, -0.2) is 6.54 Å². The molecule has 3 heteroatoms. The lowest BCUT2D eigenvalue weighted by Gasteiger charge is -2.16. The highest BCUT2D eigenvalue weighted by molar-refractivity contribution is 9.10. The summed E-state index contributed by atoms with van der Waals surface area (Å²) in [6.07, 6.45) is 0. The molecule has 0 amide bonds. The van der Waals surface area contributed by atoms with Gasteiger partial charge >= 0.3 is 0 Å². The number of benzene rings is 1. The van der Waals surface area contributed by atoms with Gasteiger partial charge in [0.05, 0.1) is 4.47 Å². The smallest absolute Gasteiger partial charge is 0.137 e. The average Bonchev–Trinajstić information content (AvgIpc) is 2.23. The van der Waals surface area contributed by atoms with Gasteiger partial charge in [0.15, 0.2) is 0 Å². The van der Waals surface area contributed by atoms with E-state index in [0.717, 1.165) is 18.7 Å². The molecule has 0 radical (unpaired) electrons. The van der Waals surface area contributed by atoms with E-state index in [0.29, 0.717) is 16.3 Å². The fourth-order valence-electron chi connectivity index (χ4n) is 1.33. The first-order valence-electron chi connectivity index (χ1n) is 5.65. The van der Waals surface area contributed by atoms with E-state index in [-0.39, 0.29) is 5.82 Å². The summed E-state index contributed by atoms with van der Waals surface area (Å²) in [5, 5.41) is 3.35. The summed E-state index contributed by atoms with van der Waals surface area (Å²) < 4.78 is 13.7. The Balaban J connectivity index is 2.40. The van der Waals surface area contributed by atoms with Crippen LogP contribution in [0.4, 0.5) is 4.39 Å². The van der Waals surface area contributed by atoms with Crippen LogP contribution in [0.3, 0.4) is 0 Å². The summed E-state index contributed by atoms with van der Waals surface area (Å²) in [6, 6.07) is 5.25. The van der Waals surface area contributed by atoms with Gasteiger partial charge in [-0.2, -0.15) is 0 Å². The summed E-state index contributed by atoms with van der Waals surface area (Å²) in [5.41, 5.74) is 0.983. The highest BCUT2D eigenvalue weighted by Crippen LogP contribution is 2.16. The van der Waals surface area contributed by atoms with Gasteiger partial charge in [-0.3, -0.25) is 0 Å². The maximum absolute atomic E-state index is 13.2. The molecule has 0 fully saturated rings. The minimum atomic E-state index is -0.198. The summed E-state index contributed by atoms with van der Waals surface area (Å²) in [6.45, 7) is 8.34. The third-order valence-corrected chi connectivity index (χ3v) is 3.56. The molecule has 1 rings (SSSR count). The molecule has 16 heavy (non-hydrogen) atoms. The maximum atomic E-state index is 13.2. The Morgan fingerprint density at radius 3 is 2.56 bits per heavy atom. The predicted octanol–water partition coefficient (Wildman–Crippen LogP) is 3.97. The highest BCUT2D eigenvalue weighted by Gasteiger charge is 2.06. The zero-order valence-corrected chi connectivity index (χ0v) is 11.6. The first-order valence-corrected chi connectivity index (χ1v) is 6.44. The van der Waals surface area contributed by atoms with Crippen LogP contribution in [0.5, 0.6) is 0 Å². The van der Waals surface area contributed by atoms with Crippen molar-refractivity contribution in [2.75, 3.05) is 6.54 Å². The first kappa shape index (κ1) is 13.7. The molecule has 0 aliphatic rings. The molecule has 0 aliphatic carbocycles. The molecule has 1 nitrogen and oxygen atoms in total. The zero-order valence-electron chi connectivity index (χ0n) is 10.1. The molecule has 90 valence electrons. The Morgan fingerprint density at radius 2 is 2.00 bits per heavy atom. The van der Waals surface area contributed by atoms with Crippen molar-refractivity contribution in [1.29, 1.82) is 0 Å². The largest absolute Gasteiger partial charge is 0.312 e. The lowest BCUT2D eigenvalue weighted by Crippen LogP contribution is -2.23. The lowest BCUT2D eigenvalue weighted by molar-refractivity contribution is 0.392. The SMILES string of the molecule is CC(C)C(C)CNCc1ccc(Br)c(F)c1. The number of hydrogen-bond acceptors (Lipinski definition) is 1. The van der Waals surface area contributed by atoms with Crippen molar-refractivity contribution in [3.05, 3.63) is 34.1 Å². The summed E-state index contributed by atoms with van der Waals surface area (Å²) in [4.78, 5) is 0. The van der Waals surface area contributed by atoms with Gasteiger partial charge in [0.1, 0.15) is 5.82 Å². The monoisotopic (exact) mass is 287 g/mol. The minimum absolute atomic E-state index is 0.198. The van der Waals surface area contributed by atoms with Gasteiger partial charge in [0.2, 0.25) is 0 Å². The van der Waals surface area contributed by atoms with Gasteiger partial charge in [0, 0.05) is 6.54 Å². The highest BCUT2D eigenvalue weighted by atomic mass is 79.9. The van der Waals surface area contributed by atoms with Gasteiger partial charge in [-0.15, -0.1) is 0 Å². The summed E-state index contributed by atoms with van der Waals surface area (Å²) >= 11 is 3.14. The van der Waals surface area contributed by atoms with E-state index in [1.165, 1.54) is 0 Å². The number of rotatable bonds is 5. The minimum Gasteiger partial charge on any atom is -0.312 e. The van der Waals surface area contributed by atoms with Crippen LogP contribution >= 0.6 is 15.9 Å². The number of hydrogen-bond donors (Lipinski definition) is 1. The van der Waals surface area contributed by atoms with Crippen LogP contribution in [0.25, 0.3) is 0 Å². The standard InChI is InChI=1S/C13H19BrFN/c1-9(2)10(3)7-16-8-11-4-5-12(14)13(15)6-11/h4-6,9-10,16H,7-8H2,1-3H3. The van der Waals surface area contributed by atoms with Gasteiger partial charge < -0.3 is 5.32 Å². The molecule has 1 N–H and O–H groups in total. The Morgan fingerprint density at radius 1 is 1.31 bits per heavy atom. The van der Waals surface area contributed by atoms with E-state index in [4.69, 9.17) is 0 Å². The van der Waals surface area contributed by atoms with Gasteiger partial charge in [-0.1, -0.05) is 26.8 Å². The second-order valence-corrected chi connectivity index (χ2v) is 5.45. The van der Waals surface area contributed by atoms with Crippen molar-refractivity contribution in [1.82, 2.24) is 5.32 Å². The zero-order chi connectivity index (χ0) is 12.1. The third kappa shape index (κ3) is 4.22. The van der Waals surface area contributed by atoms with Crippen molar-refractivity contribution in [2.24, 2.45) is 11.8 Å².